The number of rotatable bonds is 3. The summed E-state index contributed by atoms with van der Waals surface area (Å²) in [7, 11) is 0. The minimum Gasteiger partial charge on any atom is -0.494 e. The van der Waals surface area contributed by atoms with Gasteiger partial charge in [0.2, 0.25) is 5.91 Å². The van der Waals surface area contributed by atoms with E-state index < -0.39 is 0 Å². The average molecular weight is 234 g/mol. The Morgan fingerprint density at radius 1 is 1.53 bits per heavy atom. The van der Waals surface area contributed by atoms with E-state index in [4.69, 9.17) is 10.5 Å². The number of nitrogen functional groups attached to an aromatic ring is 1. The maximum atomic E-state index is 11.4. The van der Waals surface area contributed by atoms with Crippen LogP contribution < -0.4 is 15.8 Å². The van der Waals surface area contributed by atoms with Crippen molar-refractivity contribution in [1.82, 2.24) is 5.32 Å². The van der Waals surface area contributed by atoms with Crippen molar-refractivity contribution in [3.63, 3.8) is 0 Å². The summed E-state index contributed by atoms with van der Waals surface area (Å²) < 4.78 is 5.59. The van der Waals surface area contributed by atoms with Crippen molar-refractivity contribution in [2.24, 2.45) is 0 Å². The molecule has 0 aromatic heterocycles. The molecule has 0 spiro atoms. The van der Waals surface area contributed by atoms with Gasteiger partial charge < -0.3 is 15.8 Å². The summed E-state index contributed by atoms with van der Waals surface area (Å²) in [5, 5.41) is 2.84. The molecular formula is C13H18N2O2. The van der Waals surface area contributed by atoms with E-state index in [9.17, 15) is 4.79 Å². The Labute approximate surface area is 101 Å². The van der Waals surface area contributed by atoms with E-state index >= 15 is 0 Å². The zero-order valence-corrected chi connectivity index (χ0v) is 10.0. The largest absolute Gasteiger partial charge is 0.494 e. The maximum absolute atomic E-state index is 11.4. The highest BCUT2D eigenvalue weighted by molar-refractivity contribution is 5.78. The first-order chi connectivity index (χ1) is 8.20. The molecule has 17 heavy (non-hydrogen) atoms. The van der Waals surface area contributed by atoms with E-state index in [2.05, 4.69) is 5.32 Å². The molecule has 1 heterocycles. The van der Waals surface area contributed by atoms with Gasteiger partial charge in [-0.25, -0.2) is 0 Å². The number of carbonyl (C=O) groups excluding carboxylic acids is 1. The number of ether oxygens (including phenoxy) is 1. The summed E-state index contributed by atoms with van der Waals surface area (Å²) in [6, 6.07) is 5.68. The van der Waals surface area contributed by atoms with Crippen LogP contribution in [0.3, 0.4) is 0 Å². The van der Waals surface area contributed by atoms with Gasteiger partial charge in [0.15, 0.2) is 0 Å². The second-order valence-corrected chi connectivity index (χ2v) is 4.27. The molecule has 4 heteroatoms. The van der Waals surface area contributed by atoms with Crippen molar-refractivity contribution in [2.45, 2.75) is 25.7 Å². The van der Waals surface area contributed by atoms with Gasteiger partial charge in [0.25, 0.3) is 0 Å². The van der Waals surface area contributed by atoms with Crippen molar-refractivity contribution in [3.8, 4) is 5.75 Å². The molecule has 0 unspecified atom stereocenters. The van der Waals surface area contributed by atoms with Gasteiger partial charge in [-0.15, -0.1) is 0 Å². The first-order valence-electron chi connectivity index (χ1n) is 5.99. The standard InChI is InChI=1S/C13H18N2O2/c1-2-17-12-8-10(14)3-4-11(12)9-5-6-15-13(16)7-9/h3-4,8-9H,2,5-7,14H2,1H3,(H,15,16)/t9-/m1/s1. The summed E-state index contributed by atoms with van der Waals surface area (Å²) in [6.45, 7) is 3.29. The molecule has 92 valence electrons. The molecule has 1 saturated heterocycles. The van der Waals surface area contributed by atoms with Crippen molar-refractivity contribution < 1.29 is 9.53 Å². The van der Waals surface area contributed by atoms with Gasteiger partial charge in [-0.2, -0.15) is 0 Å². The predicted molar refractivity (Wildman–Crippen MR) is 67.0 cm³/mol. The lowest BCUT2D eigenvalue weighted by Crippen LogP contribution is -2.32. The summed E-state index contributed by atoms with van der Waals surface area (Å²) in [5.41, 5.74) is 7.54. The number of benzene rings is 1. The summed E-state index contributed by atoms with van der Waals surface area (Å²) in [6.07, 6.45) is 1.49. The summed E-state index contributed by atoms with van der Waals surface area (Å²) in [4.78, 5) is 11.4. The third-order valence-corrected chi connectivity index (χ3v) is 3.02. The molecule has 3 N–H and O–H groups in total. The second kappa shape index (κ2) is 5.08. The Hall–Kier alpha value is -1.71. The molecule has 1 fully saturated rings. The third-order valence-electron chi connectivity index (χ3n) is 3.02. The van der Waals surface area contributed by atoms with Gasteiger partial charge in [-0.3, -0.25) is 4.79 Å². The fraction of sp³-hybridized carbons (Fsp3) is 0.462. The third kappa shape index (κ3) is 2.70. The zero-order valence-electron chi connectivity index (χ0n) is 10.0. The number of carbonyl (C=O) groups is 1. The fourth-order valence-electron chi connectivity index (χ4n) is 2.22. The average Bonchev–Trinajstić information content (AvgIpc) is 2.29. The Bertz CT molecular complexity index is 418. The second-order valence-electron chi connectivity index (χ2n) is 4.27. The minimum absolute atomic E-state index is 0.112. The van der Waals surface area contributed by atoms with Crippen LogP contribution >= 0.6 is 0 Å². The van der Waals surface area contributed by atoms with Crippen molar-refractivity contribution >= 4 is 11.6 Å². The zero-order chi connectivity index (χ0) is 12.3. The molecule has 0 radical (unpaired) electrons. The van der Waals surface area contributed by atoms with Gasteiger partial charge in [-0.05, 0) is 30.9 Å². The van der Waals surface area contributed by atoms with Gasteiger partial charge >= 0.3 is 0 Å². The number of nitrogens with one attached hydrogen (secondary N) is 1. The topological polar surface area (TPSA) is 64.3 Å². The highest BCUT2D eigenvalue weighted by atomic mass is 16.5. The Morgan fingerprint density at radius 3 is 3.06 bits per heavy atom. The van der Waals surface area contributed by atoms with Crippen LogP contribution in [-0.4, -0.2) is 19.1 Å². The monoisotopic (exact) mass is 234 g/mol. The normalized spacial score (nSPS) is 19.8. The van der Waals surface area contributed by atoms with Gasteiger partial charge in [0, 0.05) is 24.7 Å². The smallest absolute Gasteiger partial charge is 0.220 e. The van der Waals surface area contributed by atoms with E-state index in [1.807, 2.05) is 25.1 Å². The molecule has 4 nitrogen and oxygen atoms in total. The first kappa shape index (κ1) is 11.8. The predicted octanol–water partition coefficient (Wildman–Crippen LogP) is 1.66. The Balaban J connectivity index is 2.26. The van der Waals surface area contributed by atoms with E-state index in [-0.39, 0.29) is 11.8 Å². The van der Waals surface area contributed by atoms with Crippen LogP contribution in [0.4, 0.5) is 5.69 Å². The van der Waals surface area contributed by atoms with Gasteiger partial charge in [-0.1, -0.05) is 6.07 Å². The van der Waals surface area contributed by atoms with Crippen LogP contribution in [0, 0.1) is 0 Å². The molecule has 1 aromatic rings. The van der Waals surface area contributed by atoms with Crippen molar-refractivity contribution in [1.29, 1.82) is 0 Å². The Kier molecular flexibility index (Phi) is 3.52. The molecule has 0 saturated carbocycles. The molecular weight excluding hydrogens is 216 g/mol. The number of anilines is 1. The van der Waals surface area contributed by atoms with Crippen LogP contribution in [0.1, 0.15) is 31.2 Å². The lowest BCUT2D eigenvalue weighted by molar-refractivity contribution is -0.122. The van der Waals surface area contributed by atoms with Crippen LogP contribution in [0.15, 0.2) is 18.2 Å². The molecule has 1 aliphatic heterocycles. The summed E-state index contributed by atoms with van der Waals surface area (Å²) in [5.74, 6) is 1.17. The number of piperidine rings is 1. The van der Waals surface area contributed by atoms with Crippen LogP contribution in [-0.2, 0) is 4.79 Å². The van der Waals surface area contributed by atoms with Crippen LogP contribution in [0.5, 0.6) is 5.75 Å². The lowest BCUT2D eigenvalue weighted by Gasteiger charge is -2.24. The highest BCUT2D eigenvalue weighted by Crippen LogP contribution is 2.34. The SMILES string of the molecule is CCOc1cc(N)ccc1[C@@H]1CCNC(=O)C1. The van der Waals surface area contributed by atoms with Crippen LogP contribution in [0.2, 0.25) is 0 Å². The molecule has 1 atom stereocenters. The van der Waals surface area contributed by atoms with Crippen LogP contribution in [0.25, 0.3) is 0 Å². The number of nitrogens with two attached hydrogens (primary N) is 1. The minimum atomic E-state index is 0.112. The van der Waals surface area contributed by atoms with Gasteiger partial charge in [0.05, 0.1) is 6.61 Å². The number of hydrogen-bond acceptors (Lipinski definition) is 3. The first-order valence-corrected chi connectivity index (χ1v) is 5.99. The quantitative estimate of drug-likeness (QED) is 0.782. The fourth-order valence-corrected chi connectivity index (χ4v) is 2.22. The van der Waals surface area contributed by atoms with E-state index in [1.54, 1.807) is 0 Å². The van der Waals surface area contributed by atoms with Crippen molar-refractivity contribution in [3.05, 3.63) is 23.8 Å². The lowest BCUT2D eigenvalue weighted by atomic mass is 9.89. The molecule has 0 aliphatic carbocycles. The van der Waals surface area contributed by atoms with Gasteiger partial charge in [0.1, 0.15) is 5.75 Å². The van der Waals surface area contributed by atoms with Crippen molar-refractivity contribution in [2.75, 3.05) is 18.9 Å². The number of amides is 1. The van der Waals surface area contributed by atoms with E-state index in [1.165, 1.54) is 0 Å². The molecule has 1 aliphatic rings. The number of hydrogen-bond donors (Lipinski definition) is 2. The molecule has 1 aromatic carbocycles. The summed E-state index contributed by atoms with van der Waals surface area (Å²) >= 11 is 0. The van der Waals surface area contributed by atoms with E-state index in [0.717, 1.165) is 24.3 Å². The molecule has 1 amide bonds. The Morgan fingerprint density at radius 2 is 2.35 bits per heavy atom. The molecule has 2 rings (SSSR count). The molecule has 0 bridgehead atoms. The highest BCUT2D eigenvalue weighted by Gasteiger charge is 2.23. The van der Waals surface area contributed by atoms with E-state index in [0.29, 0.717) is 18.7 Å². The maximum Gasteiger partial charge on any atom is 0.220 e.